The zero-order chi connectivity index (χ0) is 20.6. The Kier molecular flexibility index (Phi) is 6.35. The molecular weight excluding hydrogens is 454 g/mol. The number of hydrogen-bond acceptors (Lipinski definition) is 4. The minimum atomic E-state index is -3.71. The molecule has 0 bridgehead atoms. The predicted molar refractivity (Wildman–Crippen MR) is 118 cm³/mol. The Morgan fingerprint density at radius 3 is 2.72 bits per heavy atom. The number of nitrogens with zero attached hydrogens (tertiary/aromatic N) is 2. The molecule has 3 aliphatic rings. The summed E-state index contributed by atoms with van der Waals surface area (Å²) in [5.74, 6) is 0.139. The minimum Gasteiger partial charge on any atom is -0.310 e. The third-order valence-corrected chi connectivity index (χ3v) is 8.32. The second-order valence-electron chi connectivity index (χ2n) is 8.42. The van der Waals surface area contributed by atoms with Crippen LogP contribution in [-0.4, -0.2) is 51.4 Å². The molecule has 2 heterocycles. The van der Waals surface area contributed by atoms with Crippen LogP contribution in [0.3, 0.4) is 0 Å². The van der Waals surface area contributed by atoms with E-state index in [1.165, 1.54) is 19.3 Å². The molecule has 1 saturated heterocycles. The van der Waals surface area contributed by atoms with Gasteiger partial charge in [0.25, 0.3) is 0 Å². The molecule has 29 heavy (non-hydrogen) atoms. The lowest BCUT2D eigenvalue weighted by Gasteiger charge is -2.35. The molecule has 4 rings (SSSR count). The number of likely N-dealkylation sites (tertiary alicyclic amines) is 1. The highest BCUT2D eigenvalue weighted by Crippen LogP contribution is 2.41. The lowest BCUT2D eigenvalue weighted by atomic mass is 10.0. The van der Waals surface area contributed by atoms with Gasteiger partial charge in [0.05, 0.1) is 5.69 Å². The smallest absolute Gasteiger partial charge is 0.242 e. The SMILES string of the molecule is CCC1CCCCN1CCNS(=O)(=O)c1cc(Br)cc2c1N(C(=O)C1CC1)CC2. The first kappa shape index (κ1) is 21.3. The van der Waals surface area contributed by atoms with Crippen molar-refractivity contribution in [1.82, 2.24) is 9.62 Å². The van der Waals surface area contributed by atoms with Crippen molar-refractivity contribution in [2.75, 3.05) is 31.1 Å². The number of hydrogen-bond donors (Lipinski definition) is 1. The topological polar surface area (TPSA) is 69.7 Å². The van der Waals surface area contributed by atoms with Crippen LogP contribution in [0, 0.1) is 5.92 Å². The lowest BCUT2D eigenvalue weighted by Crippen LogP contribution is -2.43. The Labute approximate surface area is 182 Å². The number of carbonyl (C=O) groups is 1. The van der Waals surface area contributed by atoms with Crippen molar-refractivity contribution >= 4 is 37.5 Å². The van der Waals surface area contributed by atoms with Gasteiger partial charge in [0.1, 0.15) is 4.90 Å². The number of fused-ring (bicyclic) bond motifs is 1. The van der Waals surface area contributed by atoms with Crippen molar-refractivity contribution in [3.05, 3.63) is 22.2 Å². The highest BCUT2D eigenvalue weighted by Gasteiger charge is 2.39. The molecule has 160 valence electrons. The van der Waals surface area contributed by atoms with Crippen LogP contribution in [0.4, 0.5) is 5.69 Å². The summed E-state index contributed by atoms with van der Waals surface area (Å²) in [7, 11) is -3.71. The second-order valence-corrected chi connectivity index (χ2v) is 11.1. The van der Waals surface area contributed by atoms with E-state index >= 15 is 0 Å². The third-order valence-electron chi connectivity index (χ3n) is 6.39. The maximum Gasteiger partial charge on any atom is 0.242 e. The van der Waals surface area contributed by atoms with E-state index in [1.54, 1.807) is 11.0 Å². The van der Waals surface area contributed by atoms with Gasteiger partial charge in [-0.25, -0.2) is 13.1 Å². The summed E-state index contributed by atoms with van der Waals surface area (Å²) in [5, 5.41) is 0. The first-order valence-corrected chi connectivity index (χ1v) is 13.1. The predicted octanol–water partition coefficient (Wildman–Crippen LogP) is 3.29. The fourth-order valence-electron chi connectivity index (χ4n) is 4.66. The van der Waals surface area contributed by atoms with Gasteiger partial charge in [0, 0.05) is 36.1 Å². The van der Waals surface area contributed by atoms with E-state index in [-0.39, 0.29) is 16.7 Å². The molecule has 0 aromatic heterocycles. The van der Waals surface area contributed by atoms with Gasteiger partial charge in [-0.15, -0.1) is 0 Å². The monoisotopic (exact) mass is 483 g/mol. The molecule has 1 aromatic carbocycles. The van der Waals surface area contributed by atoms with Crippen molar-refractivity contribution in [1.29, 1.82) is 0 Å². The molecule has 0 radical (unpaired) electrons. The first-order chi connectivity index (χ1) is 13.9. The van der Waals surface area contributed by atoms with Crippen LogP contribution in [0.5, 0.6) is 0 Å². The Bertz CT molecular complexity index is 885. The van der Waals surface area contributed by atoms with E-state index in [4.69, 9.17) is 0 Å². The van der Waals surface area contributed by atoms with Crippen molar-refractivity contribution in [3.63, 3.8) is 0 Å². The van der Waals surface area contributed by atoms with E-state index in [2.05, 4.69) is 32.5 Å². The van der Waals surface area contributed by atoms with Gasteiger partial charge in [-0.2, -0.15) is 0 Å². The molecule has 0 spiro atoms. The van der Waals surface area contributed by atoms with Gasteiger partial charge in [-0.05, 0) is 62.8 Å². The van der Waals surface area contributed by atoms with Gasteiger partial charge in [0.2, 0.25) is 15.9 Å². The molecule has 6 nitrogen and oxygen atoms in total. The summed E-state index contributed by atoms with van der Waals surface area (Å²) < 4.78 is 29.9. The fourth-order valence-corrected chi connectivity index (χ4v) is 6.61. The molecule has 2 fully saturated rings. The summed E-state index contributed by atoms with van der Waals surface area (Å²) in [6.45, 7) is 4.91. The van der Waals surface area contributed by atoms with Crippen LogP contribution in [0.2, 0.25) is 0 Å². The zero-order valence-corrected chi connectivity index (χ0v) is 19.4. The molecule has 1 atom stereocenters. The van der Waals surface area contributed by atoms with Gasteiger partial charge in [0.15, 0.2) is 0 Å². The molecule has 1 saturated carbocycles. The van der Waals surface area contributed by atoms with Gasteiger partial charge < -0.3 is 4.90 Å². The number of anilines is 1. The van der Waals surface area contributed by atoms with Gasteiger partial charge >= 0.3 is 0 Å². The summed E-state index contributed by atoms with van der Waals surface area (Å²) >= 11 is 3.45. The third kappa shape index (κ3) is 4.55. The number of benzene rings is 1. The average Bonchev–Trinajstić information content (AvgIpc) is 3.47. The van der Waals surface area contributed by atoms with Crippen molar-refractivity contribution in [2.45, 2.75) is 62.8 Å². The molecule has 1 N–H and O–H groups in total. The van der Waals surface area contributed by atoms with E-state index in [1.807, 2.05) is 6.07 Å². The molecule has 1 amide bonds. The first-order valence-electron chi connectivity index (χ1n) is 10.8. The number of nitrogens with one attached hydrogen (secondary N) is 1. The van der Waals surface area contributed by atoms with E-state index in [9.17, 15) is 13.2 Å². The van der Waals surface area contributed by atoms with Crippen molar-refractivity contribution in [2.24, 2.45) is 5.92 Å². The maximum atomic E-state index is 13.2. The summed E-state index contributed by atoms with van der Waals surface area (Å²) in [6.07, 6.45) is 7.26. The average molecular weight is 484 g/mol. The minimum absolute atomic E-state index is 0.0678. The zero-order valence-electron chi connectivity index (χ0n) is 17.0. The summed E-state index contributed by atoms with van der Waals surface area (Å²) in [4.78, 5) is 17.0. The standard InChI is InChI=1S/C21H30BrN3O3S/c1-2-18-5-3-4-10-24(18)12-9-23-29(27,28)19-14-17(22)13-16-8-11-25(20(16)19)21(26)15-6-7-15/h13-15,18,23H,2-12H2,1H3. The normalized spacial score (nSPS) is 22.7. The van der Waals surface area contributed by atoms with Crippen LogP contribution in [-0.2, 0) is 21.2 Å². The molecule has 1 aliphatic carbocycles. The van der Waals surface area contributed by atoms with Gasteiger partial charge in [-0.3, -0.25) is 9.69 Å². The number of rotatable bonds is 7. The van der Waals surface area contributed by atoms with Gasteiger partial charge in [-0.1, -0.05) is 29.3 Å². The van der Waals surface area contributed by atoms with Crippen LogP contribution in [0.15, 0.2) is 21.5 Å². The number of sulfonamides is 1. The van der Waals surface area contributed by atoms with Crippen LogP contribution in [0.1, 0.15) is 51.0 Å². The molecule has 2 aliphatic heterocycles. The largest absolute Gasteiger partial charge is 0.310 e. The fraction of sp³-hybridized carbons (Fsp3) is 0.667. The Hall–Kier alpha value is -0.960. The quantitative estimate of drug-likeness (QED) is 0.645. The number of halogens is 1. The van der Waals surface area contributed by atoms with Crippen molar-refractivity contribution in [3.8, 4) is 0 Å². The van der Waals surface area contributed by atoms with Crippen molar-refractivity contribution < 1.29 is 13.2 Å². The van der Waals surface area contributed by atoms with E-state index in [0.717, 1.165) is 42.4 Å². The van der Waals surface area contributed by atoms with Crippen LogP contribution >= 0.6 is 15.9 Å². The highest BCUT2D eigenvalue weighted by molar-refractivity contribution is 9.10. The maximum absolute atomic E-state index is 13.2. The lowest BCUT2D eigenvalue weighted by molar-refractivity contribution is -0.119. The van der Waals surface area contributed by atoms with Crippen LogP contribution < -0.4 is 9.62 Å². The Morgan fingerprint density at radius 2 is 2.00 bits per heavy atom. The molecule has 1 unspecified atom stereocenters. The molecular formula is C21H30BrN3O3S. The summed E-state index contributed by atoms with van der Waals surface area (Å²) in [6, 6.07) is 4.12. The number of carbonyl (C=O) groups excluding carboxylic acids is 1. The van der Waals surface area contributed by atoms with Crippen LogP contribution in [0.25, 0.3) is 0 Å². The number of piperidine rings is 1. The molecule has 1 aromatic rings. The Morgan fingerprint density at radius 1 is 1.21 bits per heavy atom. The Balaban J connectivity index is 1.51. The summed E-state index contributed by atoms with van der Waals surface area (Å²) in [5.41, 5.74) is 1.51. The molecule has 8 heteroatoms. The van der Waals surface area contributed by atoms with E-state index < -0.39 is 10.0 Å². The second kappa shape index (κ2) is 8.65. The van der Waals surface area contributed by atoms with E-state index in [0.29, 0.717) is 31.2 Å². The highest BCUT2D eigenvalue weighted by atomic mass is 79.9. The number of amides is 1.